The summed E-state index contributed by atoms with van der Waals surface area (Å²) in [6.07, 6.45) is 2.11. The fraction of sp³-hybridized carbons (Fsp3) is 0.350. The minimum Gasteiger partial charge on any atom is -0.497 e. The summed E-state index contributed by atoms with van der Waals surface area (Å²) < 4.78 is 51.9. The smallest absolute Gasteiger partial charge is 0.244 e. The van der Waals surface area contributed by atoms with Crippen molar-refractivity contribution in [2.45, 2.75) is 17.4 Å². The van der Waals surface area contributed by atoms with E-state index in [4.69, 9.17) is 9.47 Å². The molecule has 0 saturated heterocycles. The van der Waals surface area contributed by atoms with Crippen LogP contribution in [-0.2, 0) is 14.8 Å². The van der Waals surface area contributed by atoms with Gasteiger partial charge in [0.2, 0.25) is 15.9 Å². The Labute approximate surface area is 180 Å². The molecule has 7 nitrogen and oxygen atoms in total. The summed E-state index contributed by atoms with van der Waals surface area (Å²) in [7, 11) is -2.62. The number of hydrogen-bond donors (Lipinski definition) is 2. The Morgan fingerprint density at radius 1 is 1.13 bits per heavy atom. The van der Waals surface area contributed by atoms with Crippen LogP contribution in [0, 0.1) is 5.82 Å². The van der Waals surface area contributed by atoms with Crippen molar-refractivity contribution in [3.63, 3.8) is 0 Å². The molecule has 1 atom stereocenters. The number of carbonyl (C=O) groups is 1. The third-order valence-corrected chi connectivity index (χ3v) is 6.23. The molecule has 0 bridgehead atoms. The lowest BCUT2D eigenvalue weighted by Crippen LogP contribution is -2.47. The molecule has 2 N–H and O–H groups in total. The van der Waals surface area contributed by atoms with Crippen LogP contribution in [0.1, 0.15) is 6.42 Å². The van der Waals surface area contributed by atoms with Crippen molar-refractivity contribution in [1.82, 2.24) is 10.0 Å². The first-order valence-electron chi connectivity index (χ1n) is 9.17. The van der Waals surface area contributed by atoms with Crippen molar-refractivity contribution in [2.75, 3.05) is 32.3 Å². The van der Waals surface area contributed by atoms with E-state index in [1.165, 1.54) is 23.9 Å². The zero-order valence-electron chi connectivity index (χ0n) is 16.8. The fourth-order valence-corrected chi connectivity index (χ4v) is 4.31. The molecule has 164 valence electrons. The largest absolute Gasteiger partial charge is 0.497 e. The maximum Gasteiger partial charge on any atom is 0.244 e. The molecule has 0 spiro atoms. The van der Waals surface area contributed by atoms with Gasteiger partial charge < -0.3 is 14.8 Å². The van der Waals surface area contributed by atoms with Crippen LogP contribution in [0.4, 0.5) is 4.39 Å². The number of methoxy groups -OCH3 is 1. The molecule has 2 rings (SSSR count). The minimum atomic E-state index is -4.18. The molecule has 0 heterocycles. The summed E-state index contributed by atoms with van der Waals surface area (Å²) in [5.74, 6) is 0.503. The molecule has 0 aliphatic heterocycles. The Kier molecular flexibility index (Phi) is 9.41. The predicted molar refractivity (Wildman–Crippen MR) is 115 cm³/mol. The number of sulfonamides is 1. The van der Waals surface area contributed by atoms with E-state index in [0.717, 1.165) is 12.1 Å². The van der Waals surface area contributed by atoms with E-state index in [-0.39, 0.29) is 19.6 Å². The minimum absolute atomic E-state index is 0.183. The summed E-state index contributed by atoms with van der Waals surface area (Å²) in [6, 6.07) is 11.0. The molecule has 0 radical (unpaired) electrons. The van der Waals surface area contributed by atoms with Crippen molar-refractivity contribution >= 4 is 27.7 Å². The molecule has 10 heteroatoms. The monoisotopic (exact) mass is 456 g/mol. The van der Waals surface area contributed by atoms with Gasteiger partial charge in [0.25, 0.3) is 0 Å². The Morgan fingerprint density at radius 3 is 2.43 bits per heavy atom. The number of hydrogen-bond acceptors (Lipinski definition) is 6. The lowest BCUT2D eigenvalue weighted by Gasteiger charge is -2.18. The van der Waals surface area contributed by atoms with E-state index in [0.29, 0.717) is 17.3 Å². The fourth-order valence-electron chi connectivity index (χ4n) is 2.53. The number of ether oxygens (including phenoxy) is 2. The molecule has 2 aromatic carbocycles. The van der Waals surface area contributed by atoms with Gasteiger partial charge in [-0.25, -0.2) is 12.8 Å². The Bertz CT molecular complexity index is 923. The second-order valence-electron chi connectivity index (χ2n) is 6.20. The standard InChI is InChI=1S/C20H25FN2O5S2/c1-27-15-7-9-16(10-8-15)28-13-12-22-20(24)18(11-14-29-2)23-30(25,26)19-6-4-3-5-17(19)21/h3-10,18,23H,11-14H2,1-2H3,(H,22,24). The number of rotatable bonds is 12. The molecular weight excluding hydrogens is 431 g/mol. The van der Waals surface area contributed by atoms with E-state index in [9.17, 15) is 17.6 Å². The number of amides is 1. The Morgan fingerprint density at radius 2 is 1.80 bits per heavy atom. The van der Waals surface area contributed by atoms with Crippen LogP contribution in [0.25, 0.3) is 0 Å². The zero-order chi connectivity index (χ0) is 22.0. The zero-order valence-corrected chi connectivity index (χ0v) is 18.4. The van der Waals surface area contributed by atoms with Gasteiger partial charge in [-0.3, -0.25) is 4.79 Å². The van der Waals surface area contributed by atoms with Crippen LogP contribution in [-0.4, -0.2) is 52.6 Å². The summed E-state index contributed by atoms with van der Waals surface area (Å²) in [4.78, 5) is 12.0. The maximum atomic E-state index is 13.9. The first-order valence-corrected chi connectivity index (χ1v) is 12.1. The van der Waals surface area contributed by atoms with Gasteiger partial charge in [0.05, 0.1) is 13.7 Å². The molecule has 1 amide bonds. The number of nitrogens with one attached hydrogen (secondary N) is 2. The van der Waals surface area contributed by atoms with Crippen LogP contribution in [0.2, 0.25) is 0 Å². The molecule has 30 heavy (non-hydrogen) atoms. The number of halogens is 1. The highest BCUT2D eigenvalue weighted by Crippen LogP contribution is 2.17. The third kappa shape index (κ3) is 7.19. The predicted octanol–water partition coefficient (Wildman–Crippen LogP) is 2.43. The van der Waals surface area contributed by atoms with Gasteiger partial charge in [-0.15, -0.1) is 0 Å². The van der Waals surface area contributed by atoms with Crippen molar-refractivity contribution in [3.05, 3.63) is 54.3 Å². The van der Waals surface area contributed by atoms with Crippen LogP contribution >= 0.6 is 11.8 Å². The number of benzene rings is 2. The van der Waals surface area contributed by atoms with Gasteiger partial charge in [-0.1, -0.05) is 12.1 Å². The van der Waals surface area contributed by atoms with Crippen molar-refractivity contribution in [2.24, 2.45) is 0 Å². The highest BCUT2D eigenvalue weighted by atomic mass is 32.2. The van der Waals surface area contributed by atoms with Crippen LogP contribution < -0.4 is 19.5 Å². The molecule has 0 aromatic heterocycles. The summed E-state index contributed by atoms with van der Waals surface area (Å²) in [5, 5.41) is 2.65. The third-order valence-electron chi connectivity index (χ3n) is 4.08. The van der Waals surface area contributed by atoms with Gasteiger partial charge in [0, 0.05) is 0 Å². The first-order chi connectivity index (χ1) is 14.4. The molecule has 0 saturated carbocycles. The lowest BCUT2D eigenvalue weighted by atomic mass is 10.2. The average Bonchev–Trinajstić information content (AvgIpc) is 2.74. The molecule has 0 aliphatic rings. The highest BCUT2D eigenvalue weighted by molar-refractivity contribution is 7.98. The number of carbonyl (C=O) groups excluding carboxylic acids is 1. The number of thioether (sulfide) groups is 1. The van der Waals surface area contributed by atoms with Crippen LogP contribution in [0.15, 0.2) is 53.4 Å². The summed E-state index contributed by atoms with van der Waals surface area (Å²) in [6.45, 7) is 0.384. The molecule has 1 unspecified atom stereocenters. The van der Waals surface area contributed by atoms with Gasteiger partial charge in [0.1, 0.15) is 34.9 Å². The SMILES string of the molecule is COc1ccc(OCCNC(=O)C(CCSC)NS(=O)(=O)c2ccccc2F)cc1. The topological polar surface area (TPSA) is 93.7 Å². The molecular formula is C20H25FN2O5S2. The van der Waals surface area contributed by atoms with Crippen LogP contribution in [0.3, 0.4) is 0 Å². The second-order valence-corrected chi connectivity index (χ2v) is 8.87. The quantitative estimate of drug-likeness (QED) is 0.477. The van der Waals surface area contributed by atoms with Gasteiger partial charge in [0.15, 0.2) is 0 Å². The first kappa shape index (κ1) is 24.0. The van der Waals surface area contributed by atoms with E-state index < -0.39 is 32.7 Å². The normalized spacial score (nSPS) is 12.2. The summed E-state index contributed by atoms with van der Waals surface area (Å²) in [5.41, 5.74) is 0. The van der Waals surface area contributed by atoms with Crippen molar-refractivity contribution in [1.29, 1.82) is 0 Å². The van der Waals surface area contributed by atoms with Crippen molar-refractivity contribution < 1.29 is 27.1 Å². The van der Waals surface area contributed by atoms with E-state index >= 15 is 0 Å². The lowest BCUT2D eigenvalue weighted by molar-refractivity contribution is -0.122. The highest BCUT2D eigenvalue weighted by Gasteiger charge is 2.27. The van der Waals surface area contributed by atoms with Gasteiger partial charge in [-0.05, 0) is 54.8 Å². The Hall–Kier alpha value is -2.30. The van der Waals surface area contributed by atoms with Crippen LogP contribution in [0.5, 0.6) is 11.5 Å². The molecule has 0 aliphatic carbocycles. The van der Waals surface area contributed by atoms with Gasteiger partial charge in [-0.2, -0.15) is 16.5 Å². The molecule has 0 fully saturated rings. The average molecular weight is 457 g/mol. The van der Waals surface area contributed by atoms with E-state index in [1.54, 1.807) is 31.4 Å². The van der Waals surface area contributed by atoms with Gasteiger partial charge >= 0.3 is 0 Å². The summed E-state index contributed by atoms with van der Waals surface area (Å²) >= 11 is 1.48. The maximum absolute atomic E-state index is 13.9. The van der Waals surface area contributed by atoms with E-state index in [1.807, 2.05) is 6.26 Å². The van der Waals surface area contributed by atoms with Crippen molar-refractivity contribution in [3.8, 4) is 11.5 Å². The molecule has 2 aromatic rings. The Balaban J connectivity index is 1.93. The van der Waals surface area contributed by atoms with E-state index in [2.05, 4.69) is 10.0 Å². The second kappa shape index (κ2) is 11.8.